The fourth-order valence-electron chi connectivity index (χ4n) is 3.30. The Morgan fingerprint density at radius 3 is 2.44 bits per heavy atom. The molecule has 1 amide bonds. The van der Waals surface area contributed by atoms with Gasteiger partial charge in [-0.1, -0.05) is 35.5 Å². The number of nitrogens with zero attached hydrogens (tertiary/aromatic N) is 3. The minimum atomic E-state index is -3.24. The highest BCUT2D eigenvalue weighted by atomic mass is 32.2. The highest BCUT2D eigenvalue weighted by molar-refractivity contribution is 7.99. The fourth-order valence-corrected chi connectivity index (χ4v) is 4.24. The quantitative estimate of drug-likeness (QED) is 0.384. The van der Waals surface area contributed by atoms with Crippen molar-refractivity contribution in [2.24, 2.45) is 0 Å². The normalized spacial score (nSPS) is 11.4. The van der Waals surface area contributed by atoms with Crippen molar-refractivity contribution < 1.29 is 18.5 Å². The molecule has 0 spiro atoms. The van der Waals surface area contributed by atoms with Gasteiger partial charge in [0.25, 0.3) is 17.5 Å². The van der Waals surface area contributed by atoms with Gasteiger partial charge in [0.05, 0.1) is 11.5 Å². The number of nitro groups is 1. The van der Waals surface area contributed by atoms with Gasteiger partial charge in [-0.15, -0.1) is 0 Å². The number of hydrogen-bond donors (Lipinski definition) is 1. The number of amides is 1. The van der Waals surface area contributed by atoms with Crippen LogP contribution in [-0.2, 0) is 5.92 Å². The number of rotatable bonds is 7. The number of imidazole rings is 1. The van der Waals surface area contributed by atoms with Crippen LogP contribution in [0.25, 0.3) is 0 Å². The molecular formula is C22H22F2N4O3S. The van der Waals surface area contributed by atoms with Crippen molar-refractivity contribution in [1.82, 2.24) is 14.9 Å². The highest BCUT2D eigenvalue weighted by Crippen LogP contribution is 2.34. The van der Waals surface area contributed by atoms with E-state index in [0.717, 1.165) is 22.2 Å². The van der Waals surface area contributed by atoms with Crippen molar-refractivity contribution in [3.63, 3.8) is 0 Å². The summed E-state index contributed by atoms with van der Waals surface area (Å²) in [7, 11) is 1.31. The summed E-state index contributed by atoms with van der Waals surface area (Å²) in [6, 6.07) is 10.5. The average molecular weight is 461 g/mol. The van der Waals surface area contributed by atoms with Crippen LogP contribution >= 0.6 is 11.8 Å². The van der Waals surface area contributed by atoms with Crippen molar-refractivity contribution in [2.45, 2.75) is 36.6 Å². The number of non-ortho nitro benzene ring substituents is 1. The number of halogens is 2. The molecule has 0 bridgehead atoms. The second-order valence-corrected chi connectivity index (χ2v) is 8.62. The van der Waals surface area contributed by atoms with Crippen molar-refractivity contribution in [3.8, 4) is 0 Å². The Morgan fingerprint density at radius 2 is 1.84 bits per heavy atom. The zero-order valence-corrected chi connectivity index (χ0v) is 18.8. The number of likely N-dealkylation sites (N-methyl/N-ethyl adjacent to an activating group) is 1. The summed E-state index contributed by atoms with van der Waals surface area (Å²) in [4.78, 5) is 32.0. The van der Waals surface area contributed by atoms with Gasteiger partial charge in [0.1, 0.15) is 10.9 Å². The SMILES string of the molecule is Cc1ccc(C(F)(F)CN(C)C(=O)c2nc(C)[nH]c2Sc2ccc([N+](=O)[O-])cc2)c(C)c1. The summed E-state index contributed by atoms with van der Waals surface area (Å²) >= 11 is 1.14. The molecule has 0 saturated heterocycles. The lowest BCUT2D eigenvalue weighted by Crippen LogP contribution is -2.37. The minimum Gasteiger partial charge on any atom is -0.336 e. The van der Waals surface area contributed by atoms with Crippen molar-refractivity contribution >= 4 is 23.4 Å². The molecule has 0 unspecified atom stereocenters. The largest absolute Gasteiger partial charge is 0.336 e. The summed E-state index contributed by atoms with van der Waals surface area (Å²) in [6.45, 7) is 4.30. The van der Waals surface area contributed by atoms with Crippen LogP contribution in [0, 0.1) is 30.9 Å². The first-order valence-corrected chi connectivity index (χ1v) is 10.5. The predicted octanol–water partition coefficient (Wildman–Crippen LogP) is 5.26. The maximum absolute atomic E-state index is 14.9. The highest BCUT2D eigenvalue weighted by Gasteiger charge is 2.37. The summed E-state index contributed by atoms with van der Waals surface area (Å²) in [5, 5.41) is 11.2. The molecule has 1 aromatic heterocycles. The van der Waals surface area contributed by atoms with Gasteiger partial charge in [-0.3, -0.25) is 14.9 Å². The molecule has 1 heterocycles. The van der Waals surface area contributed by atoms with Crippen LogP contribution in [0.2, 0.25) is 0 Å². The number of carbonyl (C=O) groups excluding carboxylic acids is 1. The van der Waals surface area contributed by atoms with Gasteiger partial charge in [-0.25, -0.2) is 4.98 Å². The van der Waals surface area contributed by atoms with Gasteiger partial charge in [-0.05, 0) is 38.5 Å². The number of aromatic amines is 1. The number of hydrogen-bond acceptors (Lipinski definition) is 5. The number of benzene rings is 2. The lowest BCUT2D eigenvalue weighted by Gasteiger charge is -2.25. The van der Waals surface area contributed by atoms with Gasteiger partial charge in [0, 0.05) is 29.6 Å². The number of H-pyrrole nitrogens is 1. The van der Waals surface area contributed by atoms with E-state index in [4.69, 9.17) is 0 Å². The molecule has 0 aliphatic carbocycles. The zero-order chi connectivity index (χ0) is 23.6. The number of carbonyl (C=O) groups is 1. The maximum Gasteiger partial charge on any atom is 0.290 e. The molecule has 0 fully saturated rings. The molecule has 0 radical (unpaired) electrons. The Hall–Kier alpha value is -3.27. The third kappa shape index (κ3) is 5.13. The molecule has 2 aromatic carbocycles. The summed E-state index contributed by atoms with van der Waals surface area (Å²) < 4.78 is 29.9. The standard InChI is InChI=1S/C22H22F2N4O3S/c1-13-5-10-18(14(2)11-13)22(23,24)12-27(4)21(29)19-20(26-15(3)25-19)32-17-8-6-16(7-9-17)28(30)31/h5-11H,12H2,1-4H3,(H,25,26). The second-order valence-electron chi connectivity index (χ2n) is 7.54. The molecule has 168 valence electrons. The third-order valence-corrected chi connectivity index (χ3v) is 5.82. The Kier molecular flexibility index (Phi) is 6.63. The van der Waals surface area contributed by atoms with Crippen LogP contribution in [0.5, 0.6) is 0 Å². The molecule has 0 aliphatic rings. The maximum atomic E-state index is 14.9. The Morgan fingerprint density at radius 1 is 1.19 bits per heavy atom. The molecule has 0 aliphatic heterocycles. The molecule has 3 aromatic rings. The second kappa shape index (κ2) is 9.07. The fraction of sp³-hybridized carbons (Fsp3) is 0.273. The van der Waals surface area contributed by atoms with Crippen molar-refractivity contribution in [2.75, 3.05) is 13.6 Å². The lowest BCUT2D eigenvalue weighted by molar-refractivity contribution is -0.384. The van der Waals surface area contributed by atoms with Crippen molar-refractivity contribution in [1.29, 1.82) is 0 Å². The molecular weight excluding hydrogens is 438 g/mol. The Bertz CT molecular complexity index is 1160. The van der Waals surface area contributed by atoms with Gasteiger partial charge in [0.2, 0.25) is 0 Å². The van der Waals surface area contributed by atoms with E-state index in [2.05, 4.69) is 9.97 Å². The van der Waals surface area contributed by atoms with E-state index in [9.17, 15) is 23.7 Å². The predicted molar refractivity (Wildman–Crippen MR) is 117 cm³/mol. The van der Waals surface area contributed by atoms with E-state index in [-0.39, 0.29) is 16.9 Å². The van der Waals surface area contributed by atoms with Gasteiger partial charge in [-0.2, -0.15) is 8.78 Å². The van der Waals surface area contributed by atoms with E-state index in [0.29, 0.717) is 21.3 Å². The first kappa shape index (κ1) is 23.4. The number of nitrogens with one attached hydrogen (secondary N) is 1. The summed E-state index contributed by atoms with van der Waals surface area (Å²) in [5.41, 5.74) is 1.18. The lowest BCUT2D eigenvalue weighted by atomic mass is 10.00. The van der Waals surface area contributed by atoms with Crippen LogP contribution in [0.4, 0.5) is 14.5 Å². The first-order valence-electron chi connectivity index (χ1n) is 9.68. The van der Waals surface area contributed by atoms with Crippen LogP contribution in [0.15, 0.2) is 52.4 Å². The topological polar surface area (TPSA) is 92.1 Å². The zero-order valence-electron chi connectivity index (χ0n) is 18.0. The van der Waals surface area contributed by atoms with E-state index in [1.54, 1.807) is 38.1 Å². The van der Waals surface area contributed by atoms with E-state index < -0.39 is 23.3 Å². The van der Waals surface area contributed by atoms with Crippen molar-refractivity contribution in [3.05, 3.63) is 80.8 Å². The van der Waals surface area contributed by atoms with Crippen LogP contribution in [0.3, 0.4) is 0 Å². The number of alkyl halides is 2. The minimum absolute atomic E-state index is 0.0183. The van der Waals surface area contributed by atoms with Gasteiger partial charge < -0.3 is 9.88 Å². The number of nitro benzene ring substituents is 1. The van der Waals surface area contributed by atoms with E-state index >= 15 is 0 Å². The molecule has 7 nitrogen and oxygen atoms in total. The average Bonchev–Trinajstić information content (AvgIpc) is 3.07. The van der Waals surface area contributed by atoms with Crippen LogP contribution in [0.1, 0.15) is 33.0 Å². The Labute approximate surface area is 188 Å². The van der Waals surface area contributed by atoms with E-state index in [1.165, 1.54) is 25.2 Å². The van der Waals surface area contributed by atoms with E-state index in [1.807, 2.05) is 6.92 Å². The van der Waals surface area contributed by atoms with Crippen LogP contribution < -0.4 is 0 Å². The monoisotopic (exact) mass is 460 g/mol. The molecule has 32 heavy (non-hydrogen) atoms. The number of aromatic nitrogens is 2. The molecule has 3 rings (SSSR count). The molecule has 10 heteroatoms. The molecule has 0 atom stereocenters. The first-order chi connectivity index (χ1) is 15.0. The third-order valence-electron chi connectivity index (χ3n) is 4.82. The van der Waals surface area contributed by atoms with Crippen LogP contribution in [-0.4, -0.2) is 39.3 Å². The van der Waals surface area contributed by atoms with Gasteiger partial charge >= 0.3 is 0 Å². The Balaban J connectivity index is 1.80. The number of aryl methyl sites for hydroxylation is 3. The van der Waals surface area contributed by atoms with Gasteiger partial charge in [0.15, 0.2) is 5.69 Å². The molecule has 0 saturated carbocycles. The summed E-state index contributed by atoms with van der Waals surface area (Å²) in [5.74, 6) is -3.44. The summed E-state index contributed by atoms with van der Waals surface area (Å²) in [6.07, 6.45) is 0. The molecule has 1 N–H and O–H groups in total. The smallest absolute Gasteiger partial charge is 0.290 e.